The zero-order chi connectivity index (χ0) is 20.6. The Morgan fingerprint density at radius 3 is 2.38 bits per heavy atom. The van der Waals surface area contributed by atoms with E-state index in [0.29, 0.717) is 10.7 Å². The van der Waals surface area contributed by atoms with Gasteiger partial charge in [0.25, 0.3) is 0 Å². The Balaban J connectivity index is 1.88. The van der Waals surface area contributed by atoms with Gasteiger partial charge in [-0.3, -0.25) is 0 Å². The molecule has 29 heavy (non-hydrogen) atoms. The number of fused-ring (bicyclic) bond motifs is 1. The van der Waals surface area contributed by atoms with Gasteiger partial charge in [0, 0.05) is 0 Å². The second-order valence-corrected chi connectivity index (χ2v) is 11.3. The fraction of sp³-hybridized carbons (Fsp3) is 0.182. The van der Waals surface area contributed by atoms with Crippen LogP contribution in [0.25, 0.3) is 0 Å². The molecule has 0 amide bonds. The van der Waals surface area contributed by atoms with E-state index in [1.54, 1.807) is 29.6 Å². The summed E-state index contributed by atoms with van der Waals surface area (Å²) in [4.78, 5) is 0.280. The van der Waals surface area contributed by atoms with Crippen molar-refractivity contribution < 1.29 is 13.2 Å². The van der Waals surface area contributed by atoms with Crippen LogP contribution in [0.1, 0.15) is 17.2 Å². The fourth-order valence-corrected chi connectivity index (χ4v) is 7.94. The number of hydrogen-bond acceptors (Lipinski definition) is 3. The summed E-state index contributed by atoms with van der Waals surface area (Å²) in [5.74, 6) is 0.742. The molecule has 0 saturated carbocycles. The van der Waals surface area contributed by atoms with E-state index in [0.717, 1.165) is 26.7 Å². The summed E-state index contributed by atoms with van der Waals surface area (Å²) in [5, 5.41) is 1.28. The molecular weight excluding hydrogens is 473 g/mol. The predicted molar refractivity (Wildman–Crippen MR) is 118 cm³/mol. The molecule has 0 spiro atoms. The number of ether oxygens (including phenoxy) is 1. The molecule has 0 bridgehead atoms. The standard InChI is InChI=1S/C22H20ClNO3SSe/c1-15-3-10-19(11-4-15)28(25,26)24-20-13-17(23)7-12-22(20)29-14-21(24)16-5-8-18(27-2)9-6-16/h3-13,21H,14H2,1-2H3. The topological polar surface area (TPSA) is 46.6 Å². The molecule has 1 unspecified atom stereocenters. The van der Waals surface area contributed by atoms with E-state index in [1.165, 1.54) is 0 Å². The molecule has 1 aliphatic rings. The molecule has 1 aliphatic heterocycles. The van der Waals surface area contributed by atoms with Crippen LogP contribution in [-0.4, -0.2) is 30.5 Å². The minimum atomic E-state index is -3.77. The molecule has 150 valence electrons. The molecule has 0 saturated heterocycles. The Morgan fingerprint density at radius 2 is 1.72 bits per heavy atom. The van der Waals surface area contributed by atoms with Crippen molar-refractivity contribution in [1.82, 2.24) is 0 Å². The van der Waals surface area contributed by atoms with Crippen LogP contribution >= 0.6 is 11.6 Å². The average Bonchev–Trinajstić information content (AvgIpc) is 2.73. The number of rotatable bonds is 4. The predicted octanol–water partition coefficient (Wildman–Crippen LogP) is 4.36. The van der Waals surface area contributed by atoms with Crippen molar-refractivity contribution in [3.63, 3.8) is 0 Å². The van der Waals surface area contributed by atoms with Crippen molar-refractivity contribution >= 4 is 46.7 Å². The summed E-state index contributed by atoms with van der Waals surface area (Å²) in [5.41, 5.74) is 2.63. The van der Waals surface area contributed by atoms with Crippen molar-refractivity contribution in [3.05, 3.63) is 82.9 Å². The maximum absolute atomic E-state index is 13.7. The number of hydrogen-bond donors (Lipinski definition) is 0. The van der Waals surface area contributed by atoms with E-state index in [1.807, 2.05) is 55.5 Å². The molecule has 3 aromatic carbocycles. The number of sulfonamides is 1. The number of nitrogens with zero attached hydrogens (tertiary/aromatic N) is 1. The normalized spacial score (nSPS) is 16.4. The molecule has 0 N–H and O–H groups in total. The van der Waals surface area contributed by atoms with Gasteiger partial charge in [0.05, 0.1) is 0 Å². The van der Waals surface area contributed by atoms with Crippen LogP contribution in [0, 0.1) is 6.92 Å². The molecule has 1 heterocycles. The molecule has 3 aromatic rings. The quantitative estimate of drug-likeness (QED) is 0.509. The molecular formula is C22H20ClNO3SSe. The zero-order valence-electron chi connectivity index (χ0n) is 16.0. The van der Waals surface area contributed by atoms with Crippen LogP contribution in [0.15, 0.2) is 71.6 Å². The summed E-state index contributed by atoms with van der Waals surface area (Å²) < 4.78 is 35.3. The molecule has 0 radical (unpaired) electrons. The molecule has 0 aromatic heterocycles. The minimum absolute atomic E-state index is 0.143. The van der Waals surface area contributed by atoms with Gasteiger partial charge in [-0.2, -0.15) is 0 Å². The first kappa shape index (κ1) is 20.3. The van der Waals surface area contributed by atoms with Gasteiger partial charge >= 0.3 is 183 Å². The number of anilines is 1. The second kappa shape index (κ2) is 8.04. The molecule has 4 nitrogen and oxygen atoms in total. The first-order chi connectivity index (χ1) is 13.9. The van der Waals surface area contributed by atoms with E-state index >= 15 is 0 Å². The van der Waals surface area contributed by atoms with Crippen LogP contribution in [-0.2, 0) is 10.0 Å². The van der Waals surface area contributed by atoms with Crippen LogP contribution in [0.2, 0.25) is 10.3 Å². The first-order valence-electron chi connectivity index (χ1n) is 9.07. The number of halogens is 1. The van der Waals surface area contributed by atoms with Gasteiger partial charge < -0.3 is 0 Å². The summed E-state index contributed by atoms with van der Waals surface area (Å²) in [6.45, 7) is 1.94. The van der Waals surface area contributed by atoms with Gasteiger partial charge in [0.1, 0.15) is 0 Å². The van der Waals surface area contributed by atoms with E-state index < -0.39 is 10.0 Å². The molecule has 4 rings (SSSR count). The van der Waals surface area contributed by atoms with E-state index in [-0.39, 0.29) is 25.9 Å². The van der Waals surface area contributed by atoms with Gasteiger partial charge in [-0.15, -0.1) is 0 Å². The molecule has 1 atom stereocenters. The molecule has 0 aliphatic carbocycles. The maximum atomic E-state index is 13.7. The molecule has 7 heteroatoms. The van der Waals surface area contributed by atoms with Gasteiger partial charge in [-0.1, -0.05) is 0 Å². The van der Waals surface area contributed by atoms with Crippen molar-refractivity contribution in [1.29, 1.82) is 0 Å². The third-order valence-electron chi connectivity index (χ3n) is 4.92. The monoisotopic (exact) mass is 493 g/mol. The van der Waals surface area contributed by atoms with Crippen molar-refractivity contribution in [2.45, 2.75) is 23.2 Å². The van der Waals surface area contributed by atoms with Crippen LogP contribution in [0.3, 0.4) is 0 Å². The van der Waals surface area contributed by atoms with Gasteiger partial charge in [0.2, 0.25) is 0 Å². The number of benzene rings is 3. The Kier molecular flexibility index (Phi) is 5.63. The summed E-state index contributed by atoms with van der Waals surface area (Å²) in [6.07, 6.45) is 0. The second-order valence-electron chi connectivity index (χ2n) is 6.83. The Labute approximate surface area is 182 Å². The summed E-state index contributed by atoms with van der Waals surface area (Å²) >= 11 is 6.40. The summed E-state index contributed by atoms with van der Waals surface area (Å²) in [7, 11) is -2.15. The van der Waals surface area contributed by atoms with E-state index in [2.05, 4.69) is 0 Å². The third-order valence-corrected chi connectivity index (χ3v) is 9.38. The summed E-state index contributed by atoms with van der Waals surface area (Å²) in [6, 6.07) is 19.8. The third kappa shape index (κ3) is 3.90. The zero-order valence-corrected chi connectivity index (χ0v) is 19.3. The Morgan fingerprint density at radius 1 is 1.03 bits per heavy atom. The van der Waals surface area contributed by atoms with Crippen molar-refractivity contribution in [2.24, 2.45) is 0 Å². The SMILES string of the molecule is COc1ccc(C2C[Se]c3ccc(Cl)cc3N2S(=O)(=O)c2ccc(C)cc2)cc1. The number of methoxy groups -OCH3 is 1. The van der Waals surface area contributed by atoms with Crippen LogP contribution < -0.4 is 13.5 Å². The van der Waals surface area contributed by atoms with Gasteiger partial charge in [0.15, 0.2) is 0 Å². The number of aryl methyl sites for hydroxylation is 1. The van der Waals surface area contributed by atoms with Gasteiger partial charge in [-0.25, -0.2) is 0 Å². The average molecular weight is 493 g/mol. The van der Waals surface area contributed by atoms with Crippen LogP contribution in [0.4, 0.5) is 5.69 Å². The Hall–Kier alpha value is -1.98. The van der Waals surface area contributed by atoms with E-state index in [4.69, 9.17) is 16.3 Å². The first-order valence-corrected chi connectivity index (χ1v) is 13.0. The van der Waals surface area contributed by atoms with Crippen molar-refractivity contribution in [3.8, 4) is 5.75 Å². The fourth-order valence-electron chi connectivity index (χ4n) is 3.37. The van der Waals surface area contributed by atoms with E-state index in [9.17, 15) is 8.42 Å². The van der Waals surface area contributed by atoms with Crippen molar-refractivity contribution in [2.75, 3.05) is 11.4 Å². The molecule has 0 fully saturated rings. The van der Waals surface area contributed by atoms with Gasteiger partial charge in [-0.05, 0) is 0 Å². The van der Waals surface area contributed by atoms with Crippen LogP contribution in [0.5, 0.6) is 5.75 Å². The Bertz CT molecular complexity index is 1130.